The van der Waals surface area contributed by atoms with Crippen molar-refractivity contribution in [3.63, 3.8) is 0 Å². The van der Waals surface area contributed by atoms with Gasteiger partial charge in [0.2, 0.25) is 6.79 Å². The summed E-state index contributed by atoms with van der Waals surface area (Å²) in [5.74, 6) is 1.33. The van der Waals surface area contributed by atoms with Gasteiger partial charge in [-0.05, 0) is 23.6 Å². The van der Waals surface area contributed by atoms with E-state index in [4.69, 9.17) is 9.47 Å². The van der Waals surface area contributed by atoms with Crippen LogP contribution in [0, 0.1) is 0 Å². The number of fused-ring (bicyclic) bond motifs is 2. The molecule has 0 saturated carbocycles. The second kappa shape index (κ2) is 3.20. The van der Waals surface area contributed by atoms with Gasteiger partial charge in [0, 0.05) is 18.5 Å². The number of Topliss-reactive ketones (excluding diaryl/α,β-unsaturated/α-hetero) is 1. The fraction of sp³-hybridized carbons (Fsp3) is 0.167. The standard InChI is InChI=1S/C12H9NO3/c1-7(14)12-9-5-11-10(15-6-16-11)4-8(9)2-3-13-12/h2-5H,6H2,1H3. The minimum atomic E-state index is -0.0514. The number of nitrogens with zero attached hydrogens (tertiary/aromatic N) is 1. The SMILES string of the molecule is CC(=O)c1nccc2cc3c(cc12)OCO3. The van der Waals surface area contributed by atoms with E-state index < -0.39 is 0 Å². The first-order valence-corrected chi connectivity index (χ1v) is 4.95. The van der Waals surface area contributed by atoms with Gasteiger partial charge in [-0.15, -0.1) is 0 Å². The van der Waals surface area contributed by atoms with E-state index in [1.165, 1.54) is 6.92 Å². The summed E-state index contributed by atoms with van der Waals surface area (Å²) in [7, 11) is 0. The predicted octanol–water partition coefficient (Wildman–Crippen LogP) is 2.17. The number of pyridine rings is 1. The topological polar surface area (TPSA) is 48.4 Å². The lowest BCUT2D eigenvalue weighted by Gasteiger charge is -2.03. The van der Waals surface area contributed by atoms with Gasteiger partial charge >= 0.3 is 0 Å². The van der Waals surface area contributed by atoms with Crippen LogP contribution in [0.4, 0.5) is 0 Å². The van der Waals surface area contributed by atoms with E-state index in [1.807, 2.05) is 12.1 Å². The molecule has 0 N–H and O–H groups in total. The van der Waals surface area contributed by atoms with Crippen molar-refractivity contribution in [3.8, 4) is 11.5 Å². The monoisotopic (exact) mass is 215 g/mol. The molecule has 0 saturated heterocycles. The van der Waals surface area contributed by atoms with Crippen molar-refractivity contribution >= 4 is 16.6 Å². The van der Waals surface area contributed by atoms with Gasteiger partial charge in [-0.3, -0.25) is 9.78 Å². The number of hydrogen-bond donors (Lipinski definition) is 0. The molecule has 0 amide bonds. The Labute approximate surface area is 91.8 Å². The van der Waals surface area contributed by atoms with Gasteiger partial charge < -0.3 is 9.47 Å². The summed E-state index contributed by atoms with van der Waals surface area (Å²) in [4.78, 5) is 15.5. The molecule has 0 atom stereocenters. The second-order valence-electron chi connectivity index (χ2n) is 3.64. The Morgan fingerprint density at radius 2 is 2.06 bits per heavy atom. The van der Waals surface area contributed by atoms with Crippen molar-refractivity contribution in [2.24, 2.45) is 0 Å². The highest BCUT2D eigenvalue weighted by atomic mass is 16.7. The Morgan fingerprint density at radius 1 is 1.31 bits per heavy atom. The van der Waals surface area contributed by atoms with Crippen LogP contribution in [0.5, 0.6) is 11.5 Å². The second-order valence-corrected chi connectivity index (χ2v) is 3.64. The third-order valence-corrected chi connectivity index (χ3v) is 2.59. The molecule has 0 aliphatic carbocycles. The summed E-state index contributed by atoms with van der Waals surface area (Å²) >= 11 is 0. The van der Waals surface area contributed by atoms with Crippen molar-refractivity contribution in [1.29, 1.82) is 0 Å². The van der Waals surface area contributed by atoms with E-state index >= 15 is 0 Å². The molecule has 0 radical (unpaired) electrons. The van der Waals surface area contributed by atoms with Crippen LogP contribution in [0.25, 0.3) is 10.8 Å². The molecule has 3 rings (SSSR count). The van der Waals surface area contributed by atoms with Crippen LogP contribution in [-0.2, 0) is 0 Å². The number of hydrogen-bond acceptors (Lipinski definition) is 4. The summed E-state index contributed by atoms with van der Waals surface area (Å²) in [6.45, 7) is 1.74. The molecule has 1 aliphatic heterocycles. The number of carbonyl (C=O) groups is 1. The highest BCUT2D eigenvalue weighted by molar-refractivity contribution is 6.05. The number of carbonyl (C=O) groups excluding carboxylic acids is 1. The zero-order valence-electron chi connectivity index (χ0n) is 8.69. The van der Waals surface area contributed by atoms with Crippen LogP contribution in [-0.4, -0.2) is 17.6 Å². The summed E-state index contributed by atoms with van der Waals surface area (Å²) < 4.78 is 10.6. The van der Waals surface area contributed by atoms with Crippen LogP contribution in [0.2, 0.25) is 0 Å². The smallest absolute Gasteiger partial charge is 0.231 e. The van der Waals surface area contributed by atoms with Gasteiger partial charge in [0.05, 0.1) is 0 Å². The van der Waals surface area contributed by atoms with Crippen LogP contribution < -0.4 is 9.47 Å². The Hall–Kier alpha value is -2.10. The van der Waals surface area contributed by atoms with Gasteiger partial charge in [-0.1, -0.05) is 0 Å². The third kappa shape index (κ3) is 1.23. The molecular formula is C12H9NO3. The maximum absolute atomic E-state index is 11.4. The third-order valence-electron chi connectivity index (χ3n) is 2.59. The quantitative estimate of drug-likeness (QED) is 0.684. The van der Waals surface area contributed by atoms with Gasteiger partial charge in [-0.25, -0.2) is 0 Å². The van der Waals surface area contributed by atoms with Crippen molar-refractivity contribution < 1.29 is 14.3 Å². The molecule has 16 heavy (non-hydrogen) atoms. The van der Waals surface area contributed by atoms with Crippen molar-refractivity contribution in [2.75, 3.05) is 6.79 Å². The number of rotatable bonds is 1. The number of ketones is 1. The minimum absolute atomic E-state index is 0.0514. The maximum atomic E-state index is 11.4. The number of ether oxygens (including phenoxy) is 2. The molecule has 0 bridgehead atoms. The Bertz CT molecular complexity index is 592. The van der Waals surface area contributed by atoms with Crippen LogP contribution in [0.1, 0.15) is 17.4 Å². The van der Waals surface area contributed by atoms with Crippen LogP contribution >= 0.6 is 0 Å². The Morgan fingerprint density at radius 3 is 2.81 bits per heavy atom. The zero-order chi connectivity index (χ0) is 11.1. The Balaban J connectivity index is 2.35. The average Bonchev–Trinajstić information content (AvgIpc) is 2.71. The first-order valence-electron chi connectivity index (χ1n) is 4.95. The Kier molecular flexibility index (Phi) is 1.83. The van der Waals surface area contributed by atoms with Crippen molar-refractivity contribution in [3.05, 3.63) is 30.1 Å². The number of benzene rings is 1. The predicted molar refractivity (Wildman–Crippen MR) is 57.9 cm³/mol. The molecule has 2 heterocycles. The fourth-order valence-corrected chi connectivity index (χ4v) is 1.84. The lowest BCUT2D eigenvalue weighted by atomic mass is 10.1. The molecule has 0 unspecified atom stereocenters. The number of aromatic nitrogens is 1. The van der Waals surface area contributed by atoms with E-state index in [-0.39, 0.29) is 12.6 Å². The summed E-state index contributed by atoms with van der Waals surface area (Å²) in [6, 6.07) is 5.52. The summed E-state index contributed by atoms with van der Waals surface area (Å²) in [5, 5.41) is 1.74. The van der Waals surface area contributed by atoms with Crippen LogP contribution in [0.3, 0.4) is 0 Å². The normalized spacial score (nSPS) is 13.1. The molecule has 0 spiro atoms. The highest BCUT2D eigenvalue weighted by Gasteiger charge is 2.16. The lowest BCUT2D eigenvalue weighted by molar-refractivity contribution is 0.101. The van der Waals surface area contributed by atoms with Gasteiger partial charge in [0.1, 0.15) is 5.69 Å². The van der Waals surface area contributed by atoms with Crippen LogP contribution in [0.15, 0.2) is 24.4 Å². The molecule has 1 aromatic carbocycles. The van der Waals surface area contributed by atoms with Crippen molar-refractivity contribution in [2.45, 2.75) is 6.92 Å². The van der Waals surface area contributed by atoms with Crippen molar-refractivity contribution in [1.82, 2.24) is 4.98 Å². The summed E-state index contributed by atoms with van der Waals surface area (Å²) in [6.07, 6.45) is 1.63. The minimum Gasteiger partial charge on any atom is -0.454 e. The fourth-order valence-electron chi connectivity index (χ4n) is 1.84. The molecule has 2 aromatic rings. The lowest BCUT2D eigenvalue weighted by Crippen LogP contribution is -1.97. The van der Waals surface area contributed by atoms with E-state index in [1.54, 1.807) is 12.3 Å². The van der Waals surface area contributed by atoms with E-state index in [0.717, 1.165) is 10.8 Å². The molecule has 0 fully saturated rings. The summed E-state index contributed by atoms with van der Waals surface area (Å²) in [5.41, 5.74) is 0.468. The molecule has 1 aromatic heterocycles. The average molecular weight is 215 g/mol. The maximum Gasteiger partial charge on any atom is 0.231 e. The van der Waals surface area contributed by atoms with Gasteiger partial charge in [0.25, 0.3) is 0 Å². The zero-order valence-corrected chi connectivity index (χ0v) is 8.69. The first kappa shape index (κ1) is 9.15. The van der Waals surface area contributed by atoms with E-state index in [9.17, 15) is 4.79 Å². The van der Waals surface area contributed by atoms with Gasteiger partial charge in [-0.2, -0.15) is 0 Å². The molecule has 1 aliphatic rings. The first-order chi connectivity index (χ1) is 7.75. The molecular weight excluding hydrogens is 206 g/mol. The van der Waals surface area contributed by atoms with Gasteiger partial charge in [0.15, 0.2) is 17.3 Å². The largest absolute Gasteiger partial charge is 0.454 e. The highest BCUT2D eigenvalue weighted by Crippen LogP contribution is 2.36. The molecule has 4 nitrogen and oxygen atoms in total. The van der Waals surface area contributed by atoms with E-state index in [2.05, 4.69) is 4.98 Å². The molecule has 4 heteroatoms. The molecule has 80 valence electrons. The van der Waals surface area contributed by atoms with E-state index in [0.29, 0.717) is 17.2 Å².